The number of aliphatic hydroxyl groups is 2. The van der Waals surface area contributed by atoms with Gasteiger partial charge in [-0.25, -0.2) is 0 Å². The van der Waals surface area contributed by atoms with Gasteiger partial charge in [-0.1, -0.05) is 0 Å². The van der Waals surface area contributed by atoms with E-state index in [0.29, 0.717) is 0 Å². The van der Waals surface area contributed by atoms with Gasteiger partial charge in [0.25, 0.3) is 0 Å². The zero-order valence-electron chi connectivity index (χ0n) is 4.41. The quantitative estimate of drug-likeness (QED) is 0.270. The van der Waals surface area contributed by atoms with E-state index in [1.54, 1.807) is 0 Å². The second kappa shape index (κ2) is 1.41. The molecule has 0 amide bonds. The Morgan fingerprint density at radius 1 is 1.38 bits per heavy atom. The Labute approximate surface area is 47.1 Å². The van der Waals surface area contributed by atoms with Crippen LogP contribution in [0.5, 0.6) is 0 Å². The molecule has 0 aromatic carbocycles. The van der Waals surface area contributed by atoms with E-state index >= 15 is 0 Å². The molecule has 0 spiro atoms. The highest BCUT2D eigenvalue weighted by Crippen LogP contribution is 2.25. The average Bonchev–Trinajstić information content (AvgIpc) is 1.65. The van der Waals surface area contributed by atoms with Crippen molar-refractivity contribution in [2.24, 2.45) is 11.5 Å². The van der Waals surface area contributed by atoms with Crippen LogP contribution in [-0.4, -0.2) is 28.1 Å². The van der Waals surface area contributed by atoms with Crippen LogP contribution >= 0.6 is 0 Å². The van der Waals surface area contributed by atoms with Gasteiger partial charge >= 0.3 is 0 Å². The predicted octanol–water partition coefficient (Wildman–Crippen LogP) is -2.27. The Kier molecular flexibility index (Phi) is 1.06. The molecule has 8 heavy (non-hydrogen) atoms. The summed E-state index contributed by atoms with van der Waals surface area (Å²) in [5.74, 6) is -1.70. The molecule has 48 valence electrons. The molecule has 0 aromatic heterocycles. The van der Waals surface area contributed by atoms with Gasteiger partial charge in [0.2, 0.25) is 0 Å². The average molecular weight is 118 g/mol. The van der Waals surface area contributed by atoms with Crippen LogP contribution in [0.2, 0.25) is 0 Å². The summed E-state index contributed by atoms with van der Waals surface area (Å²) in [5.41, 5.74) is 10.4. The minimum Gasteiger partial charge on any atom is -0.364 e. The molecule has 2 atom stereocenters. The molecule has 0 radical (unpaired) electrons. The van der Waals surface area contributed by atoms with Crippen molar-refractivity contribution < 1.29 is 10.2 Å². The number of nitrogens with two attached hydrogens (primary N) is 2. The highest BCUT2D eigenvalue weighted by molar-refractivity contribution is 5.01. The lowest BCUT2D eigenvalue weighted by Crippen LogP contribution is -2.69. The van der Waals surface area contributed by atoms with Crippen molar-refractivity contribution in [1.29, 1.82) is 0 Å². The van der Waals surface area contributed by atoms with Crippen molar-refractivity contribution in [2.45, 2.75) is 24.3 Å². The van der Waals surface area contributed by atoms with Crippen molar-refractivity contribution in [3.63, 3.8) is 0 Å². The van der Waals surface area contributed by atoms with Crippen LogP contribution in [0.4, 0.5) is 0 Å². The van der Waals surface area contributed by atoms with Crippen LogP contribution in [0.3, 0.4) is 0 Å². The second-order valence-corrected chi connectivity index (χ2v) is 2.27. The fraction of sp³-hybridized carbons (Fsp3) is 1.00. The summed E-state index contributed by atoms with van der Waals surface area (Å²) in [6.45, 7) is 0. The molecule has 0 aliphatic heterocycles. The molecule has 1 fully saturated rings. The van der Waals surface area contributed by atoms with Crippen molar-refractivity contribution in [3.05, 3.63) is 0 Å². The summed E-state index contributed by atoms with van der Waals surface area (Å²) in [4.78, 5) is 0. The molecule has 0 aromatic rings. The molecule has 1 saturated carbocycles. The predicted molar refractivity (Wildman–Crippen MR) is 27.7 cm³/mol. The highest BCUT2D eigenvalue weighted by atomic mass is 16.5. The van der Waals surface area contributed by atoms with Crippen molar-refractivity contribution >= 4 is 0 Å². The van der Waals surface area contributed by atoms with E-state index < -0.39 is 11.8 Å². The fourth-order valence-electron chi connectivity index (χ4n) is 0.792. The van der Waals surface area contributed by atoms with Crippen molar-refractivity contribution in [1.82, 2.24) is 0 Å². The van der Waals surface area contributed by atoms with Crippen molar-refractivity contribution in [3.8, 4) is 0 Å². The van der Waals surface area contributed by atoms with Crippen LogP contribution in [-0.2, 0) is 0 Å². The highest BCUT2D eigenvalue weighted by Gasteiger charge is 2.47. The Bertz CT molecular complexity index is 104. The van der Waals surface area contributed by atoms with Crippen LogP contribution in [0.1, 0.15) is 6.42 Å². The Morgan fingerprint density at radius 3 is 1.88 bits per heavy atom. The monoisotopic (exact) mass is 118 g/mol. The molecule has 0 saturated heterocycles. The molecule has 4 heteroatoms. The standard InChI is InChI=1S/C4H10N2O2/c5-2-1-4(7,8)3(2)6/h2-3,7-8H,1,5-6H2/t2-,3+/m0/s1. The number of hydrogen-bond donors (Lipinski definition) is 4. The van der Waals surface area contributed by atoms with Gasteiger partial charge in [-0.2, -0.15) is 0 Å². The van der Waals surface area contributed by atoms with Gasteiger partial charge in [0.15, 0.2) is 5.79 Å². The fourth-order valence-corrected chi connectivity index (χ4v) is 0.792. The number of hydrogen-bond acceptors (Lipinski definition) is 4. The molecule has 6 N–H and O–H groups in total. The lowest BCUT2D eigenvalue weighted by atomic mass is 9.81. The SMILES string of the molecule is N[C@@H]1[C@@H](N)CC1(O)O. The van der Waals surface area contributed by atoms with Gasteiger partial charge in [-0.05, 0) is 0 Å². The second-order valence-electron chi connectivity index (χ2n) is 2.27. The molecule has 4 nitrogen and oxygen atoms in total. The van der Waals surface area contributed by atoms with E-state index in [4.69, 9.17) is 21.7 Å². The lowest BCUT2D eigenvalue weighted by molar-refractivity contribution is -0.231. The molecule has 1 aliphatic rings. The van der Waals surface area contributed by atoms with Gasteiger partial charge in [0.1, 0.15) is 0 Å². The smallest absolute Gasteiger partial charge is 0.181 e. The first-order valence-electron chi connectivity index (χ1n) is 2.50. The van der Waals surface area contributed by atoms with Crippen molar-refractivity contribution in [2.75, 3.05) is 0 Å². The summed E-state index contributed by atoms with van der Waals surface area (Å²) in [6, 6.07) is -0.910. The zero-order valence-corrected chi connectivity index (χ0v) is 4.41. The maximum atomic E-state index is 8.70. The van der Waals surface area contributed by atoms with E-state index in [1.165, 1.54) is 0 Å². The Hall–Kier alpha value is -0.160. The van der Waals surface area contributed by atoms with Gasteiger partial charge in [-0.15, -0.1) is 0 Å². The van der Waals surface area contributed by atoms with Crippen LogP contribution in [0.15, 0.2) is 0 Å². The van der Waals surface area contributed by atoms with E-state index in [2.05, 4.69) is 0 Å². The van der Waals surface area contributed by atoms with E-state index in [-0.39, 0.29) is 12.5 Å². The normalized spacial score (nSPS) is 43.5. The first-order valence-corrected chi connectivity index (χ1v) is 2.50. The third-order valence-electron chi connectivity index (χ3n) is 1.53. The Morgan fingerprint density at radius 2 is 1.88 bits per heavy atom. The summed E-state index contributed by atoms with van der Waals surface area (Å²) in [5, 5.41) is 17.4. The summed E-state index contributed by atoms with van der Waals surface area (Å²) >= 11 is 0. The minimum absolute atomic E-state index is 0.189. The molecule has 0 unspecified atom stereocenters. The molecule has 1 aliphatic carbocycles. The molecule has 0 bridgehead atoms. The van der Waals surface area contributed by atoms with Gasteiger partial charge in [-0.3, -0.25) is 0 Å². The van der Waals surface area contributed by atoms with Gasteiger partial charge in [0.05, 0.1) is 6.04 Å². The van der Waals surface area contributed by atoms with Crippen LogP contribution in [0, 0.1) is 0 Å². The minimum atomic E-state index is -1.70. The maximum Gasteiger partial charge on any atom is 0.181 e. The topological polar surface area (TPSA) is 92.5 Å². The third-order valence-corrected chi connectivity index (χ3v) is 1.53. The third kappa shape index (κ3) is 0.621. The zero-order chi connectivity index (χ0) is 6.36. The first-order chi connectivity index (χ1) is 3.54. The Balaban J connectivity index is 2.47. The van der Waals surface area contributed by atoms with Gasteiger partial charge < -0.3 is 21.7 Å². The number of rotatable bonds is 0. The maximum absolute atomic E-state index is 8.70. The molecular weight excluding hydrogens is 108 g/mol. The molecule has 1 rings (SSSR count). The molecule has 0 heterocycles. The largest absolute Gasteiger partial charge is 0.364 e. The summed E-state index contributed by atoms with van der Waals surface area (Å²) < 4.78 is 0. The van der Waals surface area contributed by atoms with E-state index in [1.807, 2.05) is 0 Å². The summed E-state index contributed by atoms with van der Waals surface area (Å²) in [6.07, 6.45) is 0.189. The van der Waals surface area contributed by atoms with Crippen LogP contribution in [0.25, 0.3) is 0 Å². The molecular formula is C4H10N2O2. The van der Waals surface area contributed by atoms with Gasteiger partial charge in [0, 0.05) is 12.5 Å². The van der Waals surface area contributed by atoms with E-state index in [0.717, 1.165) is 0 Å². The van der Waals surface area contributed by atoms with E-state index in [9.17, 15) is 0 Å². The first kappa shape index (κ1) is 5.97. The lowest BCUT2D eigenvalue weighted by Gasteiger charge is -2.43. The summed E-state index contributed by atoms with van der Waals surface area (Å²) in [7, 11) is 0. The van der Waals surface area contributed by atoms with Crippen LogP contribution < -0.4 is 11.5 Å².